The van der Waals surface area contributed by atoms with Gasteiger partial charge in [-0.1, -0.05) is 41.4 Å². The number of benzene rings is 3. The van der Waals surface area contributed by atoms with E-state index in [9.17, 15) is 4.79 Å². The van der Waals surface area contributed by atoms with Gasteiger partial charge in [-0.15, -0.1) is 0 Å². The Morgan fingerprint density at radius 2 is 1.63 bits per heavy atom. The van der Waals surface area contributed by atoms with Crippen molar-refractivity contribution in [1.29, 1.82) is 0 Å². The molecule has 30 heavy (non-hydrogen) atoms. The number of aromatic amines is 2. The zero-order valence-corrected chi connectivity index (χ0v) is 17.1. The van der Waals surface area contributed by atoms with E-state index in [0.29, 0.717) is 28.0 Å². The van der Waals surface area contributed by atoms with E-state index >= 15 is 0 Å². The molecule has 3 aromatic carbocycles. The van der Waals surface area contributed by atoms with Crippen LogP contribution in [0.5, 0.6) is 0 Å². The number of amides is 1. The monoisotopic (exact) mass is 435 g/mol. The second-order valence-electron chi connectivity index (χ2n) is 6.85. The highest BCUT2D eigenvalue weighted by Crippen LogP contribution is 2.27. The Bertz CT molecular complexity index is 1350. The lowest BCUT2D eigenvalue weighted by atomic mass is 10.1. The highest BCUT2D eigenvalue weighted by molar-refractivity contribution is 6.36. The second-order valence-corrected chi connectivity index (χ2v) is 7.66. The first kappa shape index (κ1) is 18.7. The fraction of sp³-hybridized carbons (Fsp3) is 0.0455. The Hall–Kier alpha value is -3.35. The molecule has 2 heterocycles. The number of carbonyl (C=O) groups excluding carboxylic acids is 1. The molecule has 0 radical (unpaired) electrons. The van der Waals surface area contributed by atoms with Gasteiger partial charge in [0.05, 0.1) is 22.1 Å². The van der Waals surface area contributed by atoms with Crippen molar-refractivity contribution in [3.8, 4) is 0 Å². The maximum atomic E-state index is 12.7. The van der Waals surface area contributed by atoms with E-state index in [0.717, 1.165) is 33.5 Å². The number of halogens is 2. The van der Waals surface area contributed by atoms with E-state index in [1.807, 2.05) is 24.3 Å². The second kappa shape index (κ2) is 7.48. The van der Waals surface area contributed by atoms with Crippen LogP contribution in [0.15, 0.2) is 60.7 Å². The first-order valence-corrected chi connectivity index (χ1v) is 10.00. The summed E-state index contributed by atoms with van der Waals surface area (Å²) < 4.78 is 0. The molecule has 0 bridgehead atoms. The summed E-state index contributed by atoms with van der Waals surface area (Å²) in [6.45, 7) is 0. The lowest BCUT2D eigenvalue weighted by molar-refractivity contribution is 0.102. The summed E-state index contributed by atoms with van der Waals surface area (Å²) >= 11 is 12.5. The lowest BCUT2D eigenvalue weighted by Gasteiger charge is -2.04. The Morgan fingerprint density at radius 3 is 2.43 bits per heavy atom. The van der Waals surface area contributed by atoms with Crippen LogP contribution in [0.25, 0.3) is 22.1 Å². The normalized spacial score (nSPS) is 11.3. The number of hydrogen-bond acceptors (Lipinski definition) is 3. The summed E-state index contributed by atoms with van der Waals surface area (Å²) in [4.78, 5) is 28.0. The van der Waals surface area contributed by atoms with Crippen LogP contribution in [0.1, 0.15) is 21.7 Å². The Morgan fingerprint density at radius 1 is 0.867 bits per heavy atom. The number of nitrogens with one attached hydrogen (secondary N) is 3. The average molecular weight is 436 g/mol. The summed E-state index contributed by atoms with van der Waals surface area (Å²) in [6, 6.07) is 18.3. The van der Waals surface area contributed by atoms with E-state index in [4.69, 9.17) is 23.2 Å². The molecule has 0 unspecified atom stereocenters. The van der Waals surface area contributed by atoms with Crippen LogP contribution in [-0.4, -0.2) is 25.8 Å². The molecule has 0 aliphatic rings. The molecule has 0 saturated heterocycles. The van der Waals surface area contributed by atoms with Gasteiger partial charge in [-0.2, -0.15) is 0 Å². The zero-order valence-electron chi connectivity index (χ0n) is 15.5. The third-order valence-corrected chi connectivity index (χ3v) is 5.53. The molecule has 5 aromatic rings. The topological polar surface area (TPSA) is 86.5 Å². The van der Waals surface area contributed by atoms with E-state index < -0.39 is 0 Å². The van der Waals surface area contributed by atoms with Gasteiger partial charge in [-0.05, 0) is 48.0 Å². The molecule has 0 saturated carbocycles. The van der Waals surface area contributed by atoms with Crippen molar-refractivity contribution in [3.63, 3.8) is 0 Å². The van der Waals surface area contributed by atoms with Gasteiger partial charge in [0.25, 0.3) is 5.91 Å². The molecule has 148 valence electrons. The minimum atomic E-state index is -0.263. The number of fused-ring (bicyclic) bond motifs is 2. The SMILES string of the molecule is O=C(Nc1nc2ccccc2[nH]1)c1ccc2nc(Cc3c(Cl)cccc3Cl)[nH]c2c1. The van der Waals surface area contributed by atoms with E-state index in [-0.39, 0.29) is 5.91 Å². The molecule has 0 fully saturated rings. The van der Waals surface area contributed by atoms with Crippen molar-refractivity contribution >= 4 is 57.1 Å². The highest BCUT2D eigenvalue weighted by Gasteiger charge is 2.13. The van der Waals surface area contributed by atoms with Crippen molar-refractivity contribution in [2.24, 2.45) is 0 Å². The maximum Gasteiger partial charge on any atom is 0.258 e. The van der Waals surface area contributed by atoms with Crippen LogP contribution in [0.3, 0.4) is 0 Å². The summed E-state index contributed by atoms with van der Waals surface area (Å²) in [7, 11) is 0. The van der Waals surface area contributed by atoms with Crippen molar-refractivity contribution in [1.82, 2.24) is 19.9 Å². The van der Waals surface area contributed by atoms with Gasteiger partial charge in [0.15, 0.2) is 0 Å². The van der Waals surface area contributed by atoms with Crippen LogP contribution < -0.4 is 5.32 Å². The molecule has 0 spiro atoms. The van der Waals surface area contributed by atoms with Crippen molar-refractivity contribution in [3.05, 3.63) is 87.7 Å². The van der Waals surface area contributed by atoms with Crippen LogP contribution >= 0.6 is 23.2 Å². The fourth-order valence-electron chi connectivity index (χ4n) is 3.35. The number of carbonyl (C=O) groups is 1. The number of hydrogen-bond donors (Lipinski definition) is 3. The minimum absolute atomic E-state index is 0.263. The number of aromatic nitrogens is 4. The van der Waals surface area contributed by atoms with Gasteiger partial charge in [-0.25, -0.2) is 9.97 Å². The minimum Gasteiger partial charge on any atom is -0.342 e. The number of anilines is 1. The molecule has 0 atom stereocenters. The first-order chi connectivity index (χ1) is 14.6. The van der Waals surface area contributed by atoms with Gasteiger partial charge in [-0.3, -0.25) is 10.1 Å². The molecule has 8 heteroatoms. The number of H-pyrrole nitrogens is 2. The first-order valence-electron chi connectivity index (χ1n) is 9.24. The predicted octanol–water partition coefficient (Wildman–Crippen LogP) is 5.59. The van der Waals surface area contributed by atoms with E-state index in [2.05, 4.69) is 25.3 Å². The molecular weight excluding hydrogens is 421 g/mol. The van der Waals surface area contributed by atoms with E-state index in [1.54, 1.807) is 36.4 Å². The van der Waals surface area contributed by atoms with Crippen molar-refractivity contribution in [2.45, 2.75) is 6.42 Å². The highest BCUT2D eigenvalue weighted by atomic mass is 35.5. The van der Waals surface area contributed by atoms with Crippen molar-refractivity contribution in [2.75, 3.05) is 5.32 Å². The number of nitrogens with zero attached hydrogens (tertiary/aromatic N) is 2. The van der Waals surface area contributed by atoms with Crippen LogP contribution in [0.4, 0.5) is 5.95 Å². The maximum absolute atomic E-state index is 12.7. The summed E-state index contributed by atoms with van der Waals surface area (Å²) in [5.41, 5.74) is 4.47. The van der Waals surface area contributed by atoms with Crippen LogP contribution in [-0.2, 0) is 6.42 Å². The lowest BCUT2D eigenvalue weighted by Crippen LogP contribution is -2.12. The van der Waals surface area contributed by atoms with Gasteiger partial charge >= 0.3 is 0 Å². The summed E-state index contributed by atoms with van der Waals surface area (Å²) in [5.74, 6) is 0.857. The zero-order chi connectivity index (χ0) is 20.7. The predicted molar refractivity (Wildman–Crippen MR) is 119 cm³/mol. The Balaban J connectivity index is 1.40. The molecule has 0 aliphatic heterocycles. The van der Waals surface area contributed by atoms with Gasteiger partial charge in [0.2, 0.25) is 5.95 Å². The third kappa shape index (κ3) is 3.51. The fourth-order valence-corrected chi connectivity index (χ4v) is 3.88. The van der Waals surface area contributed by atoms with Gasteiger partial charge in [0, 0.05) is 22.0 Å². The summed E-state index contributed by atoms with van der Waals surface area (Å²) in [5, 5.41) is 3.98. The number of rotatable bonds is 4. The van der Waals surface area contributed by atoms with E-state index in [1.165, 1.54) is 0 Å². The van der Waals surface area contributed by atoms with Gasteiger partial charge in [0.1, 0.15) is 5.82 Å². The molecule has 0 aliphatic carbocycles. The molecule has 3 N–H and O–H groups in total. The smallest absolute Gasteiger partial charge is 0.258 e. The number of imidazole rings is 2. The molecule has 2 aromatic heterocycles. The third-order valence-electron chi connectivity index (χ3n) is 4.82. The quantitative estimate of drug-likeness (QED) is 0.343. The average Bonchev–Trinajstić information content (AvgIpc) is 3.32. The standard InChI is InChI=1S/C22H15Cl2N5O/c23-14-4-3-5-15(24)13(14)11-20-25-18-9-8-12(10-19(18)26-20)21(30)29-22-27-16-6-1-2-7-17(16)28-22/h1-10H,11H2,(H,25,26)(H2,27,28,29,30). The van der Waals surface area contributed by atoms with Crippen LogP contribution in [0, 0.1) is 0 Å². The van der Waals surface area contributed by atoms with Crippen molar-refractivity contribution < 1.29 is 4.79 Å². The Labute approximate surface area is 181 Å². The molecular formula is C22H15Cl2N5O. The Kier molecular flexibility index (Phi) is 4.65. The van der Waals surface area contributed by atoms with Crippen LogP contribution in [0.2, 0.25) is 10.0 Å². The molecule has 1 amide bonds. The van der Waals surface area contributed by atoms with Gasteiger partial charge < -0.3 is 9.97 Å². The largest absolute Gasteiger partial charge is 0.342 e. The molecule has 5 rings (SSSR count). The summed E-state index contributed by atoms with van der Waals surface area (Å²) in [6.07, 6.45) is 0.466. The number of para-hydroxylation sites is 2. The molecule has 6 nitrogen and oxygen atoms in total.